The monoisotopic (exact) mass is 351 g/mol. The third-order valence-electron chi connectivity index (χ3n) is 4.90. The molecule has 4 rings (SSSR count). The van der Waals surface area contributed by atoms with Gasteiger partial charge in [-0.05, 0) is 43.7 Å². The Morgan fingerprint density at radius 2 is 1.96 bits per heavy atom. The third-order valence-corrected chi connectivity index (χ3v) is 4.90. The van der Waals surface area contributed by atoms with Gasteiger partial charge < -0.3 is 0 Å². The molecule has 0 aliphatic carbocycles. The molecule has 26 heavy (non-hydrogen) atoms. The molecule has 5 nitrogen and oxygen atoms in total. The van der Waals surface area contributed by atoms with E-state index in [0.29, 0.717) is 5.92 Å². The van der Waals surface area contributed by atoms with E-state index in [4.69, 9.17) is 0 Å². The summed E-state index contributed by atoms with van der Waals surface area (Å²) in [5.41, 5.74) is 4.01. The number of rotatable bonds is 4. The summed E-state index contributed by atoms with van der Waals surface area (Å²) < 4.78 is 15.1. The van der Waals surface area contributed by atoms with E-state index in [0.717, 1.165) is 49.4 Å². The molecule has 0 amide bonds. The van der Waals surface area contributed by atoms with Gasteiger partial charge in [-0.2, -0.15) is 5.10 Å². The summed E-state index contributed by atoms with van der Waals surface area (Å²) >= 11 is 0. The van der Waals surface area contributed by atoms with Crippen LogP contribution in [0.15, 0.2) is 49.1 Å². The highest BCUT2D eigenvalue weighted by atomic mass is 19.1. The molecule has 3 aromatic rings. The minimum absolute atomic E-state index is 0.237. The minimum atomic E-state index is -0.237. The van der Waals surface area contributed by atoms with Gasteiger partial charge in [0.2, 0.25) is 0 Å². The molecule has 0 radical (unpaired) electrons. The molecule has 1 atom stereocenters. The number of benzene rings is 1. The van der Waals surface area contributed by atoms with Gasteiger partial charge in [-0.1, -0.05) is 0 Å². The number of likely N-dealkylation sites (tertiary alicyclic amines) is 1. The second kappa shape index (κ2) is 7.33. The molecule has 3 heterocycles. The van der Waals surface area contributed by atoms with Gasteiger partial charge in [0, 0.05) is 55.8 Å². The second-order valence-corrected chi connectivity index (χ2v) is 6.89. The van der Waals surface area contributed by atoms with Crippen LogP contribution >= 0.6 is 0 Å². The number of piperidine rings is 1. The SMILES string of the molecule is Cn1cc(CN2CCC[C@H](c3nccnc3-c3ccc(F)cc3)C2)cn1. The topological polar surface area (TPSA) is 46.8 Å². The smallest absolute Gasteiger partial charge is 0.123 e. The van der Waals surface area contributed by atoms with E-state index in [1.165, 1.54) is 17.7 Å². The van der Waals surface area contributed by atoms with Crippen molar-refractivity contribution in [3.8, 4) is 11.3 Å². The quantitative estimate of drug-likeness (QED) is 0.723. The van der Waals surface area contributed by atoms with Gasteiger partial charge in [0.15, 0.2) is 0 Å². The largest absolute Gasteiger partial charge is 0.298 e. The van der Waals surface area contributed by atoms with E-state index in [2.05, 4.69) is 26.2 Å². The highest BCUT2D eigenvalue weighted by Crippen LogP contribution is 2.32. The van der Waals surface area contributed by atoms with Crippen LogP contribution in [0.4, 0.5) is 4.39 Å². The van der Waals surface area contributed by atoms with Crippen LogP contribution in [0.2, 0.25) is 0 Å². The van der Waals surface area contributed by atoms with Crippen molar-refractivity contribution in [1.82, 2.24) is 24.6 Å². The molecule has 6 heteroatoms. The Morgan fingerprint density at radius 1 is 1.15 bits per heavy atom. The first kappa shape index (κ1) is 16.8. The van der Waals surface area contributed by atoms with E-state index in [1.54, 1.807) is 24.5 Å². The standard InChI is InChI=1S/C20H22FN5/c1-25-12-15(11-24-25)13-26-10-2-3-17(14-26)20-19(22-8-9-23-20)16-4-6-18(21)7-5-16/h4-9,11-12,17H,2-3,10,13-14H2,1H3/t17-/m0/s1. The molecule has 0 N–H and O–H groups in total. The summed E-state index contributed by atoms with van der Waals surface area (Å²) in [5, 5.41) is 4.26. The van der Waals surface area contributed by atoms with Crippen LogP contribution in [0.5, 0.6) is 0 Å². The number of aromatic nitrogens is 4. The Hall–Kier alpha value is -2.60. The van der Waals surface area contributed by atoms with Crippen LogP contribution in [-0.2, 0) is 13.6 Å². The van der Waals surface area contributed by atoms with Gasteiger partial charge in [0.1, 0.15) is 5.82 Å². The van der Waals surface area contributed by atoms with Gasteiger partial charge in [0.25, 0.3) is 0 Å². The Morgan fingerprint density at radius 3 is 2.73 bits per heavy atom. The van der Waals surface area contributed by atoms with E-state index < -0.39 is 0 Å². The maximum Gasteiger partial charge on any atom is 0.123 e. The number of hydrogen-bond donors (Lipinski definition) is 0. The molecular weight excluding hydrogens is 329 g/mol. The first-order valence-corrected chi connectivity index (χ1v) is 8.96. The summed E-state index contributed by atoms with van der Waals surface area (Å²) in [4.78, 5) is 11.6. The maximum absolute atomic E-state index is 13.3. The first-order valence-electron chi connectivity index (χ1n) is 8.96. The lowest BCUT2D eigenvalue weighted by Crippen LogP contribution is -2.34. The number of hydrogen-bond acceptors (Lipinski definition) is 4. The summed E-state index contributed by atoms with van der Waals surface area (Å²) in [6.07, 6.45) is 9.67. The molecule has 1 aliphatic rings. The Labute approximate surface area is 152 Å². The van der Waals surface area contributed by atoms with Crippen molar-refractivity contribution in [1.29, 1.82) is 0 Å². The summed E-state index contributed by atoms with van der Waals surface area (Å²) in [6, 6.07) is 6.50. The Bertz CT molecular complexity index is 874. The molecule has 1 aromatic carbocycles. The molecule has 0 saturated carbocycles. The van der Waals surface area contributed by atoms with E-state index in [1.807, 2.05) is 17.9 Å². The fourth-order valence-electron chi connectivity index (χ4n) is 3.71. The lowest BCUT2D eigenvalue weighted by molar-refractivity contribution is 0.198. The maximum atomic E-state index is 13.3. The minimum Gasteiger partial charge on any atom is -0.298 e. The zero-order valence-corrected chi connectivity index (χ0v) is 14.8. The van der Waals surface area contributed by atoms with Gasteiger partial charge >= 0.3 is 0 Å². The molecule has 2 aromatic heterocycles. The van der Waals surface area contributed by atoms with Crippen molar-refractivity contribution in [2.45, 2.75) is 25.3 Å². The predicted octanol–water partition coefficient (Wildman–Crippen LogP) is 3.40. The van der Waals surface area contributed by atoms with Crippen molar-refractivity contribution in [2.24, 2.45) is 7.05 Å². The van der Waals surface area contributed by atoms with Gasteiger partial charge in [-0.25, -0.2) is 4.39 Å². The van der Waals surface area contributed by atoms with E-state index in [9.17, 15) is 4.39 Å². The van der Waals surface area contributed by atoms with Gasteiger partial charge in [0.05, 0.1) is 17.6 Å². The second-order valence-electron chi connectivity index (χ2n) is 6.89. The molecule has 1 saturated heterocycles. The average molecular weight is 351 g/mol. The fraction of sp³-hybridized carbons (Fsp3) is 0.350. The predicted molar refractivity (Wildman–Crippen MR) is 97.9 cm³/mol. The molecule has 0 bridgehead atoms. The van der Waals surface area contributed by atoms with Crippen LogP contribution in [-0.4, -0.2) is 37.7 Å². The van der Waals surface area contributed by atoms with Crippen molar-refractivity contribution < 1.29 is 4.39 Å². The number of halogens is 1. The zero-order chi connectivity index (χ0) is 17.9. The van der Waals surface area contributed by atoms with Crippen LogP contribution < -0.4 is 0 Å². The van der Waals surface area contributed by atoms with Crippen molar-refractivity contribution in [3.63, 3.8) is 0 Å². The van der Waals surface area contributed by atoms with Crippen LogP contribution in [0.25, 0.3) is 11.3 Å². The first-order chi connectivity index (χ1) is 12.7. The van der Waals surface area contributed by atoms with E-state index in [-0.39, 0.29) is 5.82 Å². The molecule has 1 aliphatic heterocycles. The Kier molecular flexibility index (Phi) is 4.75. The molecular formula is C20H22FN5. The summed E-state index contributed by atoms with van der Waals surface area (Å²) in [7, 11) is 1.94. The van der Waals surface area contributed by atoms with Crippen LogP contribution in [0.3, 0.4) is 0 Å². The highest BCUT2D eigenvalue weighted by Gasteiger charge is 2.25. The molecule has 1 fully saturated rings. The summed E-state index contributed by atoms with van der Waals surface area (Å²) in [6.45, 7) is 2.93. The zero-order valence-electron chi connectivity index (χ0n) is 14.8. The third kappa shape index (κ3) is 3.65. The van der Waals surface area contributed by atoms with E-state index >= 15 is 0 Å². The molecule has 134 valence electrons. The van der Waals surface area contributed by atoms with Crippen molar-refractivity contribution in [3.05, 3.63) is 66.1 Å². The van der Waals surface area contributed by atoms with Gasteiger partial charge in [-0.3, -0.25) is 19.5 Å². The lowest BCUT2D eigenvalue weighted by atomic mass is 9.91. The van der Waals surface area contributed by atoms with Crippen LogP contribution in [0.1, 0.15) is 30.0 Å². The average Bonchev–Trinajstić information content (AvgIpc) is 3.07. The molecule has 0 spiro atoms. The lowest BCUT2D eigenvalue weighted by Gasteiger charge is -2.32. The Balaban J connectivity index is 1.56. The number of nitrogens with zero attached hydrogens (tertiary/aromatic N) is 5. The van der Waals surface area contributed by atoms with Crippen LogP contribution in [0, 0.1) is 5.82 Å². The highest BCUT2D eigenvalue weighted by molar-refractivity contribution is 5.62. The molecule has 0 unspecified atom stereocenters. The fourth-order valence-corrected chi connectivity index (χ4v) is 3.71. The van der Waals surface area contributed by atoms with Gasteiger partial charge in [-0.15, -0.1) is 0 Å². The van der Waals surface area contributed by atoms with Crippen molar-refractivity contribution in [2.75, 3.05) is 13.1 Å². The normalized spacial score (nSPS) is 18.2. The summed E-state index contributed by atoms with van der Waals surface area (Å²) in [5.74, 6) is 0.0914. The van der Waals surface area contributed by atoms with Crippen molar-refractivity contribution >= 4 is 0 Å². The number of aryl methyl sites for hydroxylation is 1.